The lowest BCUT2D eigenvalue weighted by molar-refractivity contribution is 0.706. The summed E-state index contributed by atoms with van der Waals surface area (Å²) >= 11 is 0. The van der Waals surface area contributed by atoms with Gasteiger partial charge in [0, 0.05) is 19.1 Å². The lowest BCUT2D eigenvalue weighted by atomic mass is 10.1. The Hall–Kier alpha value is -1.16. The first kappa shape index (κ1) is 11.0. The van der Waals surface area contributed by atoms with Gasteiger partial charge in [-0.3, -0.25) is 0 Å². The fourth-order valence-electron chi connectivity index (χ4n) is 2.81. The van der Waals surface area contributed by atoms with Crippen LogP contribution < -0.4 is 10.6 Å². The molecule has 0 bridgehead atoms. The van der Waals surface area contributed by atoms with Crippen LogP contribution in [0.15, 0.2) is 6.07 Å². The number of nitrogens with two attached hydrogens (primary N) is 1. The van der Waals surface area contributed by atoms with Gasteiger partial charge in [-0.2, -0.15) is 5.10 Å². The van der Waals surface area contributed by atoms with Gasteiger partial charge in [-0.05, 0) is 43.7 Å². The number of hydrogen-bond donors (Lipinski definition) is 1. The summed E-state index contributed by atoms with van der Waals surface area (Å²) < 4.78 is 0. The van der Waals surface area contributed by atoms with Gasteiger partial charge in [0.15, 0.2) is 5.82 Å². The maximum atomic E-state index is 5.94. The standard InChI is InChI=1S/C13H20N4/c14-11-6-7-17(9-11)13-8-10-4-2-1-3-5-12(10)15-16-13/h8,11H,1-7,9,14H2. The third kappa shape index (κ3) is 2.27. The van der Waals surface area contributed by atoms with Crippen molar-refractivity contribution in [2.45, 2.75) is 44.6 Å². The van der Waals surface area contributed by atoms with Crippen molar-refractivity contribution in [1.29, 1.82) is 0 Å². The van der Waals surface area contributed by atoms with Gasteiger partial charge in [0.25, 0.3) is 0 Å². The molecule has 17 heavy (non-hydrogen) atoms. The average Bonchev–Trinajstić information content (AvgIpc) is 2.64. The van der Waals surface area contributed by atoms with Gasteiger partial charge in [-0.1, -0.05) is 6.42 Å². The van der Waals surface area contributed by atoms with Crippen LogP contribution in [0.3, 0.4) is 0 Å². The molecule has 1 aliphatic carbocycles. The van der Waals surface area contributed by atoms with Crippen molar-refractivity contribution in [1.82, 2.24) is 10.2 Å². The molecule has 2 aliphatic rings. The van der Waals surface area contributed by atoms with Crippen molar-refractivity contribution < 1.29 is 0 Å². The Kier molecular flexibility index (Phi) is 2.97. The van der Waals surface area contributed by atoms with E-state index in [2.05, 4.69) is 21.2 Å². The number of rotatable bonds is 1. The summed E-state index contributed by atoms with van der Waals surface area (Å²) in [4.78, 5) is 2.27. The molecule has 2 N–H and O–H groups in total. The van der Waals surface area contributed by atoms with E-state index in [1.165, 1.54) is 30.5 Å². The summed E-state index contributed by atoms with van der Waals surface area (Å²) in [7, 11) is 0. The van der Waals surface area contributed by atoms with Gasteiger partial charge in [-0.25, -0.2) is 0 Å². The Bertz CT molecular complexity index is 404. The van der Waals surface area contributed by atoms with Crippen molar-refractivity contribution in [2.24, 2.45) is 5.73 Å². The quantitative estimate of drug-likeness (QED) is 0.741. The Labute approximate surface area is 102 Å². The fourth-order valence-corrected chi connectivity index (χ4v) is 2.81. The molecule has 4 heteroatoms. The van der Waals surface area contributed by atoms with Crippen molar-refractivity contribution in [3.05, 3.63) is 17.3 Å². The molecule has 0 saturated carbocycles. The summed E-state index contributed by atoms with van der Waals surface area (Å²) in [6, 6.07) is 2.54. The van der Waals surface area contributed by atoms with Crippen LogP contribution in [0.2, 0.25) is 0 Å². The minimum atomic E-state index is 0.301. The molecule has 0 aromatic carbocycles. The van der Waals surface area contributed by atoms with E-state index >= 15 is 0 Å². The molecular formula is C13H20N4. The minimum absolute atomic E-state index is 0.301. The van der Waals surface area contributed by atoms with Crippen LogP contribution in [0.4, 0.5) is 5.82 Å². The zero-order valence-electron chi connectivity index (χ0n) is 10.2. The van der Waals surface area contributed by atoms with Gasteiger partial charge in [0.1, 0.15) is 0 Å². The van der Waals surface area contributed by atoms with Crippen molar-refractivity contribution >= 4 is 5.82 Å². The summed E-state index contributed by atoms with van der Waals surface area (Å²) in [5, 5.41) is 8.79. The maximum Gasteiger partial charge on any atom is 0.151 e. The van der Waals surface area contributed by atoms with Crippen LogP contribution in [-0.4, -0.2) is 29.3 Å². The Balaban J connectivity index is 1.84. The topological polar surface area (TPSA) is 55.0 Å². The first-order valence-electron chi connectivity index (χ1n) is 6.69. The second kappa shape index (κ2) is 4.61. The first-order chi connectivity index (χ1) is 8.33. The van der Waals surface area contributed by atoms with Gasteiger partial charge >= 0.3 is 0 Å². The van der Waals surface area contributed by atoms with Crippen molar-refractivity contribution in [3.63, 3.8) is 0 Å². The number of fused-ring (bicyclic) bond motifs is 1. The smallest absolute Gasteiger partial charge is 0.151 e. The van der Waals surface area contributed by atoms with E-state index in [1.54, 1.807) is 0 Å². The molecule has 0 spiro atoms. The third-order valence-electron chi connectivity index (χ3n) is 3.86. The normalized spacial score (nSPS) is 24.5. The van der Waals surface area contributed by atoms with E-state index in [-0.39, 0.29) is 0 Å². The molecule has 1 fully saturated rings. The van der Waals surface area contributed by atoms with E-state index in [0.717, 1.165) is 38.2 Å². The predicted molar refractivity (Wildman–Crippen MR) is 68.1 cm³/mol. The lowest BCUT2D eigenvalue weighted by Crippen LogP contribution is -2.27. The largest absolute Gasteiger partial charge is 0.354 e. The summed E-state index contributed by atoms with van der Waals surface area (Å²) in [6.07, 6.45) is 7.20. The van der Waals surface area contributed by atoms with Crippen LogP contribution in [0.5, 0.6) is 0 Å². The summed E-state index contributed by atoms with van der Waals surface area (Å²) in [5.74, 6) is 1.03. The highest BCUT2D eigenvalue weighted by Gasteiger charge is 2.21. The molecule has 0 amide bonds. The van der Waals surface area contributed by atoms with E-state index in [4.69, 9.17) is 5.73 Å². The number of anilines is 1. The number of aryl methyl sites for hydroxylation is 2. The monoisotopic (exact) mass is 232 g/mol. The Morgan fingerprint density at radius 2 is 2.06 bits per heavy atom. The van der Waals surface area contributed by atoms with Crippen LogP contribution in [-0.2, 0) is 12.8 Å². The highest BCUT2D eigenvalue weighted by molar-refractivity contribution is 5.43. The molecule has 1 aliphatic heterocycles. The first-order valence-corrected chi connectivity index (χ1v) is 6.69. The fraction of sp³-hybridized carbons (Fsp3) is 0.692. The molecule has 1 unspecified atom stereocenters. The second-order valence-corrected chi connectivity index (χ2v) is 5.23. The maximum absolute atomic E-state index is 5.94. The molecule has 1 aromatic heterocycles. The molecule has 3 rings (SSSR count). The number of aromatic nitrogens is 2. The molecule has 2 heterocycles. The van der Waals surface area contributed by atoms with Crippen LogP contribution in [0.1, 0.15) is 36.9 Å². The number of hydrogen-bond acceptors (Lipinski definition) is 4. The summed E-state index contributed by atoms with van der Waals surface area (Å²) in [5.41, 5.74) is 8.56. The van der Waals surface area contributed by atoms with E-state index in [1.807, 2.05) is 0 Å². The Morgan fingerprint density at radius 1 is 1.18 bits per heavy atom. The van der Waals surface area contributed by atoms with Gasteiger partial charge < -0.3 is 10.6 Å². The zero-order valence-corrected chi connectivity index (χ0v) is 10.2. The molecule has 1 atom stereocenters. The molecular weight excluding hydrogens is 212 g/mol. The van der Waals surface area contributed by atoms with E-state index < -0.39 is 0 Å². The van der Waals surface area contributed by atoms with E-state index in [0.29, 0.717) is 6.04 Å². The highest BCUT2D eigenvalue weighted by atomic mass is 15.3. The lowest BCUT2D eigenvalue weighted by Gasteiger charge is -2.17. The SMILES string of the molecule is NC1CCN(c2cc3c(nn2)CCCCC3)C1. The van der Waals surface area contributed by atoms with E-state index in [9.17, 15) is 0 Å². The molecule has 92 valence electrons. The van der Waals surface area contributed by atoms with Crippen molar-refractivity contribution in [3.8, 4) is 0 Å². The van der Waals surface area contributed by atoms with Gasteiger partial charge in [0.2, 0.25) is 0 Å². The highest BCUT2D eigenvalue weighted by Crippen LogP contribution is 2.23. The van der Waals surface area contributed by atoms with Gasteiger partial charge in [0.05, 0.1) is 5.69 Å². The van der Waals surface area contributed by atoms with Crippen LogP contribution in [0.25, 0.3) is 0 Å². The molecule has 0 radical (unpaired) electrons. The minimum Gasteiger partial charge on any atom is -0.354 e. The third-order valence-corrected chi connectivity index (χ3v) is 3.86. The number of nitrogens with zero attached hydrogens (tertiary/aromatic N) is 3. The van der Waals surface area contributed by atoms with Crippen LogP contribution >= 0.6 is 0 Å². The molecule has 1 saturated heterocycles. The molecule has 1 aromatic rings. The average molecular weight is 232 g/mol. The second-order valence-electron chi connectivity index (χ2n) is 5.23. The summed E-state index contributed by atoms with van der Waals surface area (Å²) in [6.45, 7) is 1.95. The Morgan fingerprint density at radius 3 is 2.88 bits per heavy atom. The molecule has 4 nitrogen and oxygen atoms in total. The zero-order chi connectivity index (χ0) is 11.7. The predicted octanol–water partition coefficient (Wildman–Crippen LogP) is 1.28. The van der Waals surface area contributed by atoms with Crippen LogP contribution in [0, 0.1) is 0 Å². The van der Waals surface area contributed by atoms with Crippen molar-refractivity contribution in [2.75, 3.05) is 18.0 Å². The van der Waals surface area contributed by atoms with Gasteiger partial charge in [-0.15, -0.1) is 5.10 Å².